The van der Waals surface area contributed by atoms with Gasteiger partial charge in [-0.3, -0.25) is 4.79 Å². The third-order valence-corrected chi connectivity index (χ3v) is 3.49. The lowest BCUT2D eigenvalue weighted by Crippen LogP contribution is -2.15. The van der Waals surface area contributed by atoms with Crippen molar-refractivity contribution in [3.8, 4) is 6.07 Å². The van der Waals surface area contributed by atoms with Crippen molar-refractivity contribution in [2.75, 3.05) is 0 Å². The molecule has 0 fully saturated rings. The van der Waals surface area contributed by atoms with Gasteiger partial charge in [-0.25, -0.2) is 4.98 Å². The molecular formula is C11H12N2O2S. The first-order valence-corrected chi connectivity index (χ1v) is 5.73. The maximum Gasteiger partial charge on any atom is 0.317 e. The van der Waals surface area contributed by atoms with Crippen LogP contribution in [0, 0.1) is 18.3 Å². The van der Waals surface area contributed by atoms with Crippen LogP contribution in [0.15, 0.2) is 17.3 Å². The van der Waals surface area contributed by atoms with Crippen LogP contribution in [-0.4, -0.2) is 21.3 Å². The Hall–Kier alpha value is -1.54. The van der Waals surface area contributed by atoms with Gasteiger partial charge in [0.1, 0.15) is 16.3 Å². The van der Waals surface area contributed by atoms with Gasteiger partial charge < -0.3 is 5.11 Å². The molecule has 1 aromatic rings. The molecule has 0 spiro atoms. The molecule has 1 unspecified atom stereocenters. The molecule has 1 heterocycles. The van der Waals surface area contributed by atoms with Crippen LogP contribution in [0.1, 0.15) is 24.5 Å². The number of carboxylic acid groups (broad SMARTS) is 1. The number of hydrogen-bond acceptors (Lipinski definition) is 4. The second kappa shape index (κ2) is 5.52. The standard InChI is InChI=1S/C11H12N2O2S/c1-3-9(11(14)15)16-10-8(6-12)7(2)4-5-13-10/h4-5,9H,3H2,1-2H3,(H,14,15). The van der Waals surface area contributed by atoms with E-state index in [4.69, 9.17) is 10.4 Å². The van der Waals surface area contributed by atoms with Crippen LogP contribution < -0.4 is 0 Å². The summed E-state index contributed by atoms with van der Waals surface area (Å²) in [6.07, 6.45) is 2.09. The first-order valence-electron chi connectivity index (χ1n) is 4.85. The van der Waals surface area contributed by atoms with Crippen LogP contribution in [-0.2, 0) is 4.79 Å². The SMILES string of the molecule is CCC(Sc1nccc(C)c1C#N)C(=O)O. The van der Waals surface area contributed by atoms with Crippen LogP contribution in [0.5, 0.6) is 0 Å². The molecular weight excluding hydrogens is 224 g/mol. The zero-order valence-electron chi connectivity index (χ0n) is 9.10. The maximum absolute atomic E-state index is 10.9. The number of carbonyl (C=O) groups is 1. The van der Waals surface area contributed by atoms with E-state index in [0.29, 0.717) is 17.0 Å². The Morgan fingerprint density at radius 3 is 2.94 bits per heavy atom. The fourth-order valence-corrected chi connectivity index (χ4v) is 2.18. The van der Waals surface area contributed by atoms with Gasteiger partial charge in [0.05, 0.1) is 5.56 Å². The van der Waals surface area contributed by atoms with Crippen molar-refractivity contribution in [2.24, 2.45) is 0 Å². The molecule has 1 aromatic heterocycles. The summed E-state index contributed by atoms with van der Waals surface area (Å²) < 4.78 is 0. The van der Waals surface area contributed by atoms with E-state index < -0.39 is 11.2 Å². The third-order valence-electron chi connectivity index (χ3n) is 2.14. The Morgan fingerprint density at radius 2 is 2.44 bits per heavy atom. The van der Waals surface area contributed by atoms with Gasteiger partial charge in [-0.2, -0.15) is 5.26 Å². The maximum atomic E-state index is 10.9. The average molecular weight is 236 g/mol. The average Bonchev–Trinajstić information content (AvgIpc) is 2.25. The Kier molecular flexibility index (Phi) is 4.32. The first kappa shape index (κ1) is 12.5. The summed E-state index contributed by atoms with van der Waals surface area (Å²) in [6.45, 7) is 3.61. The molecule has 5 heteroatoms. The number of aromatic nitrogens is 1. The van der Waals surface area contributed by atoms with E-state index in [9.17, 15) is 4.79 Å². The molecule has 0 aliphatic rings. The Labute approximate surface area is 98.3 Å². The van der Waals surface area contributed by atoms with E-state index in [-0.39, 0.29) is 0 Å². The minimum atomic E-state index is -0.875. The van der Waals surface area contributed by atoms with Crippen LogP contribution in [0.25, 0.3) is 0 Å². The fourth-order valence-electron chi connectivity index (χ4n) is 1.20. The van der Waals surface area contributed by atoms with E-state index >= 15 is 0 Å². The molecule has 0 saturated carbocycles. The van der Waals surface area contributed by atoms with E-state index in [0.717, 1.165) is 17.3 Å². The normalized spacial score (nSPS) is 11.8. The van der Waals surface area contributed by atoms with Crippen molar-refractivity contribution in [3.63, 3.8) is 0 Å². The Bertz CT molecular complexity index is 440. The van der Waals surface area contributed by atoms with Crippen molar-refractivity contribution >= 4 is 17.7 Å². The number of nitrogens with zero attached hydrogens (tertiary/aromatic N) is 2. The van der Waals surface area contributed by atoms with Gasteiger partial charge in [0.2, 0.25) is 0 Å². The largest absolute Gasteiger partial charge is 0.480 e. The van der Waals surface area contributed by atoms with Gasteiger partial charge in [-0.05, 0) is 25.0 Å². The molecule has 0 aliphatic carbocycles. The van der Waals surface area contributed by atoms with Gasteiger partial charge in [0.25, 0.3) is 0 Å². The second-order valence-electron chi connectivity index (χ2n) is 3.27. The molecule has 16 heavy (non-hydrogen) atoms. The lowest BCUT2D eigenvalue weighted by Gasteiger charge is -2.10. The van der Waals surface area contributed by atoms with Crippen LogP contribution in [0.3, 0.4) is 0 Å². The third kappa shape index (κ3) is 2.74. The Morgan fingerprint density at radius 1 is 1.75 bits per heavy atom. The van der Waals surface area contributed by atoms with Gasteiger partial charge in [0.15, 0.2) is 0 Å². The van der Waals surface area contributed by atoms with Crippen molar-refractivity contribution in [3.05, 3.63) is 23.4 Å². The molecule has 0 amide bonds. The van der Waals surface area contributed by atoms with Gasteiger partial charge in [-0.1, -0.05) is 18.7 Å². The van der Waals surface area contributed by atoms with Crippen molar-refractivity contribution < 1.29 is 9.90 Å². The molecule has 1 N–H and O–H groups in total. The smallest absolute Gasteiger partial charge is 0.317 e. The minimum Gasteiger partial charge on any atom is -0.480 e. The predicted molar refractivity (Wildman–Crippen MR) is 61.3 cm³/mol. The highest BCUT2D eigenvalue weighted by molar-refractivity contribution is 8.00. The zero-order chi connectivity index (χ0) is 12.1. The highest BCUT2D eigenvalue weighted by Crippen LogP contribution is 2.27. The summed E-state index contributed by atoms with van der Waals surface area (Å²) in [7, 11) is 0. The second-order valence-corrected chi connectivity index (χ2v) is 4.46. The molecule has 0 aliphatic heterocycles. The van der Waals surface area contributed by atoms with Crippen molar-refractivity contribution in [2.45, 2.75) is 30.5 Å². The van der Waals surface area contributed by atoms with E-state index in [1.165, 1.54) is 0 Å². The summed E-state index contributed by atoms with van der Waals surface area (Å²) in [5.74, 6) is -0.875. The van der Waals surface area contributed by atoms with Crippen LogP contribution in [0.4, 0.5) is 0 Å². The summed E-state index contributed by atoms with van der Waals surface area (Å²) in [6, 6.07) is 3.80. The molecule has 0 aromatic carbocycles. The number of carboxylic acids is 1. The van der Waals surface area contributed by atoms with E-state index in [2.05, 4.69) is 11.1 Å². The Balaban J connectivity index is 3.02. The molecule has 1 atom stereocenters. The van der Waals surface area contributed by atoms with Crippen molar-refractivity contribution in [1.82, 2.24) is 4.98 Å². The van der Waals surface area contributed by atoms with E-state index in [1.807, 2.05) is 6.92 Å². The highest BCUT2D eigenvalue weighted by Gasteiger charge is 2.19. The molecule has 84 valence electrons. The summed E-state index contributed by atoms with van der Waals surface area (Å²) >= 11 is 1.13. The number of aryl methyl sites for hydroxylation is 1. The zero-order valence-corrected chi connectivity index (χ0v) is 9.91. The number of pyridine rings is 1. The van der Waals surface area contributed by atoms with E-state index in [1.54, 1.807) is 19.2 Å². The van der Waals surface area contributed by atoms with Crippen molar-refractivity contribution in [1.29, 1.82) is 5.26 Å². The lowest BCUT2D eigenvalue weighted by molar-refractivity contribution is -0.136. The monoisotopic (exact) mass is 236 g/mol. The van der Waals surface area contributed by atoms with Gasteiger partial charge >= 0.3 is 5.97 Å². The number of hydrogen-bond donors (Lipinski definition) is 1. The molecule has 4 nitrogen and oxygen atoms in total. The van der Waals surface area contributed by atoms with Gasteiger partial charge in [-0.15, -0.1) is 0 Å². The quantitative estimate of drug-likeness (QED) is 0.811. The molecule has 1 rings (SSSR count). The summed E-state index contributed by atoms with van der Waals surface area (Å²) in [5, 5.41) is 17.9. The first-order chi connectivity index (χ1) is 7.60. The predicted octanol–water partition coefficient (Wildman–Crippen LogP) is 2.22. The van der Waals surface area contributed by atoms with Gasteiger partial charge in [0, 0.05) is 6.20 Å². The van der Waals surface area contributed by atoms with Crippen LogP contribution in [0.2, 0.25) is 0 Å². The number of nitriles is 1. The minimum absolute atomic E-state index is 0.465. The number of aliphatic carboxylic acids is 1. The molecule has 0 bridgehead atoms. The number of thioether (sulfide) groups is 1. The topological polar surface area (TPSA) is 74.0 Å². The lowest BCUT2D eigenvalue weighted by atomic mass is 10.2. The molecule has 0 saturated heterocycles. The fraction of sp³-hybridized carbons (Fsp3) is 0.364. The molecule has 0 radical (unpaired) electrons. The highest BCUT2D eigenvalue weighted by atomic mass is 32.2. The number of rotatable bonds is 4. The summed E-state index contributed by atoms with van der Waals surface area (Å²) in [5.41, 5.74) is 1.28. The van der Waals surface area contributed by atoms with Crippen LogP contribution >= 0.6 is 11.8 Å². The summed E-state index contributed by atoms with van der Waals surface area (Å²) in [4.78, 5) is 14.9.